The predicted octanol–water partition coefficient (Wildman–Crippen LogP) is 1.86. The third-order valence-corrected chi connectivity index (χ3v) is 3.75. The molecule has 0 fully saturated rings. The first-order chi connectivity index (χ1) is 12.0. The van der Waals surface area contributed by atoms with Crippen LogP contribution in [0.25, 0.3) is 0 Å². The Bertz CT molecular complexity index is 729. The number of benzene rings is 1. The van der Waals surface area contributed by atoms with Crippen molar-refractivity contribution in [3.63, 3.8) is 0 Å². The molecule has 3 N–H and O–H groups in total. The minimum Gasteiger partial charge on any atom is -0.494 e. The van der Waals surface area contributed by atoms with E-state index in [0.717, 1.165) is 17.0 Å². The Morgan fingerprint density at radius 3 is 2.52 bits per heavy atom. The first-order valence-electron chi connectivity index (χ1n) is 8.22. The lowest BCUT2D eigenvalue weighted by Crippen LogP contribution is -2.37. The van der Waals surface area contributed by atoms with Gasteiger partial charge in [-0.1, -0.05) is 18.2 Å². The minimum absolute atomic E-state index is 0.164. The summed E-state index contributed by atoms with van der Waals surface area (Å²) in [6, 6.07) is 12.7. The first-order valence-corrected chi connectivity index (χ1v) is 8.22. The van der Waals surface area contributed by atoms with Gasteiger partial charge in [-0.2, -0.15) is 0 Å². The topological polar surface area (TPSA) is 94.3 Å². The number of pyridine rings is 1. The number of primary amides is 1. The number of hydrogen-bond acceptors (Lipinski definition) is 4. The van der Waals surface area contributed by atoms with Crippen LogP contribution in [-0.2, 0) is 11.2 Å². The summed E-state index contributed by atoms with van der Waals surface area (Å²) in [5.41, 5.74) is 7.52. The molecule has 1 aromatic heterocycles. The second-order valence-electron chi connectivity index (χ2n) is 5.75. The summed E-state index contributed by atoms with van der Waals surface area (Å²) in [5, 5.41) is 2.73. The average Bonchev–Trinajstić information content (AvgIpc) is 2.59. The van der Waals surface area contributed by atoms with Crippen LogP contribution in [0.5, 0.6) is 5.75 Å². The van der Waals surface area contributed by atoms with Crippen LogP contribution in [0.2, 0.25) is 0 Å². The van der Waals surface area contributed by atoms with Gasteiger partial charge in [0.15, 0.2) is 0 Å². The van der Waals surface area contributed by atoms with Crippen LogP contribution in [0.4, 0.5) is 0 Å². The van der Waals surface area contributed by atoms with Crippen molar-refractivity contribution in [2.24, 2.45) is 11.7 Å². The number of ether oxygens (including phenoxy) is 1. The fourth-order valence-electron chi connectivity index (χ4n) is 2.42. The van der Waals surface area contributed by atoms with Gasteiger partial charge >= 0.3 is 0 Å². The third kappa shape index (κ3) is 5.60. The lowest BCUT2D eigenvalue weighted by molar-refractivity contribution is -0.121. The van der Waals surface area contributed by atoms with Gasteiger partial charge in [-0.3, -0.25) is 9.59 Å². The molecule has 0 saturated heterocycles. The summed E-state index contributed by atoms with van der Waals surface area (Å²) in [4.78, 5) is 28.0. The monoisotopic (exact) mass is 341 g/mol. The van der Waals surface area contributed by atoms with Crippen LogP contribution in [0.1, 0.15) is 28.7 Å². The Hall–Kier alpha value is -2.89. The van der Waals surface area contributed by atoms with Crippen molar-refractivity contribution >= 4 is 11.8 Å². The molecule has 25 heavy (non-hydrogen) atoms. The van der Waals surface area contributed by atoms with Gasteiger partial charge in [0.1, 0.15) is 11.4 Å². The zero-order valence-corrected chi connectivity index (χ0v) is 14.5. The SMILES string of the molecule is CCOc1ccc(C[C@@H](CNC(=O)c2cccc(C)n2)C(N)=O)cc1. The van der Waals surface area contributed by atoms with E-state index >= 15 is 0 Å². The Morgan fingerprint density at radius 1 is 1.20 bits per heavy atom. The highest BCUT2D eigenvalue weighted by Crippen LogP contribution is 2.15. The van der Waals surface area contributed by atoms with Gasteiger partial charge in [0.2, 0.25) is 5.91 Å². The number of hydrogen-bond donors (Lipinski definition) is 2. The van der Waals surface area contributed by atoms with Crippen molar-refractivity contribution in [1.82, 2.24) is 10.3 Å². The average molecular weight is 341 g/mol. The highest BCUT2D eigenvalue weighted by Gasteiger charge is 2.18. The largest absolute Gasteiger partial charge is 0.494 e. The summed E-state index contributed by atoms with van der Waals surface area (Å²) in [7, 11) is 0. The smallest absolute Gasteiger partial charge is 0.269 e. The van der Waals surface area contributed by atoms with Crippen LogP contribution in [0.3, 0.4) is 0 Å². The number of aromatic nitrogens is 1. The maximum Gasteiger partial charge on any atom is 0.269 e. The molecule has 0 aliphatic carbocycles. The zero-order valence-electron chi connectivity index (χ0n) is 14.5. The van der Waals surface area contributed by atoms with Gasteiger partial charge in [-0.15, -0.1) is 0 Å². The quantitative estimate of drug-likeness (QED) is 0.766. The van der Waals surface area contributed by atoms with Gasteiger partial charge < -0.3 is 15.8 Å². The van der Waals surface area contributed by atoms with Crippen LogP contribution in [0.15, 0.2) is 42.5 Å². The molecule has 1 aromatic carbocycles. The molecule has 0 bridgehead atoms. The van der Waals surface area contributed by atoms with E-state index in [4.69, 9.17) is 10.5 Å². The van der Waals surface area contributed by atoms with Gasteiger partial charge in [-0.05, 0) is 50.1 Å². The molecule has 0 unspecified atom stereocenters. The second kappa shape index (κ2) is 8.82. The van der Waals surface area contributed by atoms with Crippen molar-refractivity contribution < 1.29 is 14.3 Å². The first kappa shape index (κ1) is 18.4. The second-order valence-corrected chi connectivity index (χ2v) is 5.75. The van der Waals surface area contributed by atoms with E-state index in [0.29, 0.717) is 18.7 Å². The van der Waals surface area contributed by atoms with Crippen molar-refractivity contribution in [3.8, 4) is 5.75 Å². The number of carbonyl (C=O) groups is 2. The molecule has 0 radical (unpaired) electrons. The van der Waals surface area contributed by atoms with Crippen LogP contribution < -0.4 is 15.8 Å². The molecule has 1 atom stereocenters. The standard InChI is InChI=1S/C19H23N3O3/c1-3-25-16-9-7-14(8-10-16)11-15(18(20)23)12-21-19(24)17-6-4-5-13(2)22-17/h4-10,15H,3,11-12H2,1-2H3,(H2,20,23)(H,21,24)/t15-/m0/s1. The molecule has 0 aliphatic rings. The highest BCUT2D eigenvalue weighted by atomic mass is 16.5. The number of aryl methyl sites for hydroxylation is 1. The molecule has 2 amide bonds. The molecule has 0 aliphatic heterocycles. The maximum absolute atomic E-state index is 12.2. The number of rotatable bonds is 8. The Balaban J connectivity index is 1.96. The van der Waals surface area contributed by atoms with Gasteiger partial charge in [-0.25, -0.2) is 4.98 Å². The summed E-state index contributed by atoms with van der Waals surface area (Å²) in [6.45, 7) is 4.50. The van der Waals surface area contributed by atoms with E-state index < -0.39 is 11.8 Å². The van der Waals surface area contributed by atoms with E-state index in [-0.39, 0.29) is 12.5 Å². The molecule has 6 heteroatoms. The molecule has 0 saturated carbocycles. The predicted molar refractivity (Wildman–Crippen MR) is 95.3 cm³/mol. The minimum atomic E-state index is -0.494. The molecule has 2 aromatic rings. The van der Waals surface area contributed by atoms with Gasteiger partial charge in [0.05, 0.1) is 12.5 Å². The van der Waals surface area contributed by atoms with Gasteiger partial charge in [0, 0.05) is 12.2 Å². The lowest BCUT2D eigenvalue weighted by atomic mass is 9.98. The van der Waals surface area contributed by atoms with Crippen molar-refractivity contribution in [2.75, 3.05) is 13.2 Å². The fraction of sp³-hybridized carbons (Fsp3) is 0.316. The third-order valence-electron chi connectivity index (χ3n) is 3.75. The Labute approximate surface area is 147 Å². The maximum atomic E-state index is 12.2. The van der Waals surface area contributed by atoms with Crippen LogP contribution in [0, 0.1) is 12.8 Å². The summed E-state index contributed by atoms with van der Waals surface area (Å²) < 4.78 is 5.40. The van der Waals surface area contributed by atoms with Crippen molar-refractivity contribution in [2.45, 2.75) is 20.3 Å². The van der Waals surface area contributed by atoms with Gasteiger partial charge in [0.25, 0.3) is 5.91 Å². The summed E-state index contributed by atoms with van der Waals surface area (Å²) >= 11 is 0. The van der Waals surface area contributed by atoms with Crippen LogP contribution >= 0.6 is 0 Å². The normalized spacial score (nSPS) is 11.6. The number of nitrogens with zero attached hydrogens (tertiary/aromatic N) is 1. The molecular weight excluding hydrogens is 318 g/mol. The van der Waals surface area contributed by atoms with E-state index in [2.05, 4.69) is 10.3 Å². The number of nitrogens with one attached hydrogen (secondary N) is 1. The highest BCUT2D eigenvalue weighted by molar-refractivity contribution is 5.92. The fourth-order valence-corrected chi connectivity index (χ4v) is 2.42. The number of amides is 2. The van der Waals surface area contributed by atoms with E-state index in [9.17, 15) is 9.59 Å². The van der Waals surface area contributed by atoms with Crippen molar-refractivity contribution in [1.29, 1.82) is 0 Å². The lowest BCUT2D eigenvalue weighted by Gasteiger charge is -2.15. The van der Waals surface area contributed by atoms with Crippen LogP contribution in [-0.4, -0.2) is 29.9 Å². The summed E-state index contributed by atoms with van der Waals surface area (Å²) in [5.74, 6) is -0.486. The molecule has 0 spiro atoms. The molecule has 132 valence electrons. The van der Waals surface area contributed by atoms with E-state index in [1.54, 1.807) is 12.1 Å². The molecule has 2 rings (SSSR count). The molecule has 6 nitrogen and oxygen atoms in total. The Morgan fingerprint density at radius 2 is 1.92 bits per heavy atom. The van der Waals surface area contributed by atoms with E-state index in [1.165, 1.54) is 0 Å². The zero-order chi connectivity index (χ0) is 18.2. The summed E-state index contributed by atoms with van der Waals surface area (Å²) in [6.07, 6.45) is 0.448. The molecular formula is C19H23N3O3. The van der Waals surface area contributed by atoms with E-state index in [1.807, 2.05) is 44.2 Å². The number of nitrogens with two attached hydrogens (primary N) is 1. The number of carbonyl (C=O) groups excluding carboxylic acids is 2. The molecule has 1 heterocycles. The van der Waals surface area contributed by atoms with Crippen molar-refractivity contribution in [3.05, 3.63) is 59.4 Å². The Kier molecular flexibility index (Phi) is 6.51.